The summed E-state index contributed by atoms with van der Waals surface area (Å²) in [7, 11) is 0. The maximum Gasteiger partial charge on any atom is 0.347 e. The number of aromatic nitrogens is 1. The van der Waals surface area contributed by atoms with Crippen molar-refractivity contribution in [3.05, 3.63) is 51.0 Å². The summed E-state index contributed by atoms with van der Waals surface area (Å²) in [6.07, 6.45) is 0. The zero-order chi connectivity index (χ0) is 11.8. The van der Waals surface area contributed by atoms with Gasteiger partial charge in [-0.1, -0.05) is 11.6 Å². The van der Waals surface area contributed by atoms with Crippen molar-refractivity contribution in [2.24, 2.45) is 0 Å². The molecule has 0 fully saturated rings. The average Bonchev–Trinajstić information content (AvgIpc) is 2.83. The van der Waals surface area contributed by atoms with Gasteiger partial charge in [-0.3, -0.25) is 0 Å². The molecule has 0 bridgehead atoms. The first kappa shape index (κ1) is 10.2. The fraction of sp³-hybridized carbons (Fsp3) is 0.0769. The molecule has 3 rings (SSSR count). The molecule has 0 spiro atoms. The standard InChI is InChI=1S/C13H9NO2S/c1-8-2-3-11-10(6-8)13(15)16-12(14-11)9-4-5-17-7-9/h2-7H,1H3. The minimum Gasteiger partial charge on any atom is -0.403 e. The lowest BCUT2D eigenvalue weighted by Crippen LogP contribution is -2.02. The van der Waals surface area contributed by atoms with Gasteiger partial charge in [-0.15, -0.1) is 0 Å². The van der Waals surface area contributed by atoms with Crippen LogP contribution in [0.1, 0.15) is 5.56 Å². The number of hydrogen-bond donors (Lipinski definition) is 0. The van der Waals surface area contributed by atoms with E-state index in [1.807, 2.05) is 35.9 Å². The van der Waals surface area contributed by atoms with Crippen molar-refractivity contribution in [3.8, 4) is 11.5 Å². The van der Waals surface area contributed by atoms with E-state index in [-0.39, 0.29) is 5.63 Å². The number of thiophene rings is 1. The molecule has 0 N–H and O–H groups in total. The lowest BCUT2D eigenvalue weighted by Gasteiger charge is -2.00. The summed E-state index contributed by atoms with van der Waals surface area (Å²) in [6, 6.07) is 7.46. The first-order valence-electron chi connectivity index (χ1n) is 5.18. The molecule has 1 aromatic carbocycles. The van der Waals surface area contributed by atoms with E-state index < -0.39 is 0 Å². The SMILES string of the molecule is Cc1ccc2nc(-c3ccsc3)oc(=O)c2c1. The van der Waals surface area contributed by atoms with Crippen LogP contribution in [0.3, 0.4) is 0 Å². The monoisotopic (exact) mass is 243 g/mol. The largest absolute Gasteiger partial charge is 0.403 e. The lowest BCUT2D eigenvalue weighted by atomic mass is 10.2. The third kappa shape index (κ3) is 1.76. The van der Waals surface area contributed by atoms with Crippen LogP contribution in [0.5, 0.6) is 0 Å². The van der Waals surface area contributed by atoms with Gasteiger partial charge in [0, 0.05) is 10.9 Å². The first-order chi connectivity index (χ1) is 8.24. The molecular weight excluding hydrogens is 234 g/mol. The third-order valence-corrected chi connectivity index (χ3v) is 3.23. The summed E-state index contributed by atoms with van der Waals surface area (Å²) in [6.45, 7) is 1.94. The molecular formula is C13H9NO2S. The molecule has 0 unspecified atom stereocenters. The van der Waals surface area contributed by atoms with Crippen molar-refractivity contribution < 1.29 is 4.42 Å². The highest BCUT2D eigenvalue weighted by molar-refractivity contribution is 7.08. The fourth-order valence-corrected chi connectivity index (χ4v) is 2.33. The molecule has 0 atom stereocenters. The topological polar surface area (TPSA) is 43.1 Å². The highest BCUT2D eigenvalue weighted by Crippen LogP contribution is 2.21. The molecule has 84 valence electrons. The van der Waals surface area contributed by atoms with Crippen molar-refractivity contribution in [1.29, 1.82) is 0 Å². The summed E-state index contributed by atoms with van der Waals surface area (Å²) in [5.41, 5.74) is 2.21. The van der Waals surface area contributed by atoms with E-state index in [9.17, 15) is 4.79 Å². The Hall–Kier alpha value is -1.94. The molecule has 17 heavy (non-hydrogen) atoms. The van der Waals surface area contributed by atoms with Gasteiger partial charge in [0.15, 0.2) is 0 Å². The van der Waals surface area contributed by atoms with Crippen LogP contribution in [0, 0.1) is 6.92 Å². The highest BCUT2D eigenvalue weighted by Gasteiger charge is 2.08. The summed E-state index contributed by atoms with van der Waals surface area (Å²) in [5, 5.41) is 4.37. The summed E-state index contributed by atoms with van der Waals surface area (Å²) >= 11 is 1.55. The van der Waals surface area contributed by atoms with Crippen LogP contribution < -0.4 is 5.63 Å². The Balaban J connectivity index is 2.32. The molecule has 2 aromatic heterocycles. The van der Waals surface area contributed by atoms with E-state index in [0.717, 1.165) is 11.1 Å². The maximum absolute atomic E-state index is 11.8. The Bertz CT molecular complexity index is 729. The Morgan fingerprint density at radius 3 is 2.94 bits per heavy atom. The summed E-state index contributed by atoms with van der Waals surface area (Å²) < 4.78 is 5.23. The Kier molecular flexibility index (Phi) is 2.30. The van der Waals surface area contributed by atoms with E-state index in [4.69, 9.17) is 4.42 Å². The smallest absolute Gasteiger partial charge is 0.347 e. The molecule has 0 radical (unpaired) electrons. The zero-order valence-corrected chi connectivity index (χ0v) is 9.95. The van der Waals surface area contributed by atoms with E-state index in [2.05, 4.69) is 4.98 Å². The number of aryl methyl sites for hydroxylation is 1. The second-order valence-corrected chi connectivity index (χ2v) is 4.62. The summed E-state index contributed by atoms with van der Waals surface area (Å²) in [5.74, 6) is 0.382. The molecule has 3 nitrogen and oxygen atoms in total. The van der Waals surface area contributed by atoms with Gasteiger partial charge in [-0.05, 0) is 30.5 Å². The van der Waals surface area contributed by atoms with Crippen LogP contribution in [0.15, 0.2) is 44.2 Å². The van der Waals surface area contributed by atoms with Crippen LogP contribution in [0.25, 0.3) is 22.4 Å². The van der Waals surface area contributed by atoms with Crippen LogP contribution in [-0.4, -0.2) is 4.98 Å². The van der Waals surface area contributed by atoms with Crippen molar-refractivity contribution in [3.63, 3.8) is 0 Å². The van der Waals surface area contributed by atoms with Crippen molar-refractivity contribution in [2.45, 2.75) is 6.92 Å². The van der Waals surface area contributed by atoms with Gasteiger partial charge >= 0.3 is 5.63 Å². The number of nitrogens with zero attached hydrogens (tertiary/aromatic N) is 1. The Morgan fingerprint density at radius 1 is 1.29 bits per heavy atom. The Labute approximate surface area is 101 Å². The van der Waals surface area contributed by atoms with Crippen molar-refractivity contribution in [1.82, 2.24) is 4.98 Å². The van der Waals surface area contributed by atoms with E-state index >= 15 is 0 Å². The Morgan fingerprint density at radius 2 is 2.18 bits per heavy atom. The molecule has 0 saturated heterocycles. The van der Waals surface area contributed by atoms with E-state index in [1.165, 1.54) is 0 Å². The van der Waals surface area contributed by atoms with Gasteiger partial charge in [0.05, 0.1) is 10.9 Å². The summed E-state index contributed by atoms with van der Waals surface area (Å²) in [4.78, 5) is 16.2. The van der Waals surface area contributed by atoms with Gasteiger partial charge in [-0.2, -0.15) is 11.3 Å². The van der Waals surface area contributed by atoms with Crippen molar-refractivity contribution >= 4 is 22.2 Å². The minimum absolute atomic E-state index is 0.333. The predicted molar refractivity (Wildman–Crippen MR) is 68.3 cm³/mol. The van der Waals surface area contributed by atoms with Crippen molar-refractivity contribution in [2.75, 3.05) is 0 Å². The highest BCUT2D eigenvalue weighted by atomic mass is 32.1. The molecule has 0 saturated carbocycles. The number of hydrogen-bond acceptors (Lipinski definition) is 4. The average molecular weight is 243 g/mol. The first-order valence-corrected chi connectivity index (χ1v) is 6.12. The molecule has 3 aromatic rings. The van der Waals surface area contributed by atoms with Crippen LogP contribution in [0.4, 0.5) is 0 Å². The minimum atomic E-state index is -0.333. The van der Waals surface area contributed by atoms with Crippen LogP contribution >= 0.6 is 11.3 Å². The normalized spacial score (nSPS) is 10.9. The van der Waals surface area contributed by atoms with Gasteiger partial charge in [0.2, 0.25) is 5.89 Å². The van der Waals surface area contributed by atoms with Crippen LogP contribution in [0.2, 0.25) is 0 Å². The second-order valence-electron chi connectivity index (χ2n) is 3.84. The molecule has 0 aliphatic heterocycles. The van der Waals surface area contributed by atoms with Gasteiger partial charge < -0.3 is 4.42 Å². The lowest BCUT2D eigenvalue weighted by molar-refractivity contribution is 0.518. The van der Waals surface area contributed by atoms with E-state index in [0.29, 0.717) is 16.8 Å². The number of benzene rings is 1. The van der Waals surface area contributed by atoms with E-state index in [1.54, 1.807) is 17.4 Å². The van der Waals surface area contributed by atoms with Gasteiger partial charge in [-0.25, -0.2) is 9.78 Å². The zero-order valence-electron chi connectivity index (χ0n) is 9.14. The maximum atomic E-state index is 11.8. The third-order valence-electron chi connectivity index (χ3n) is 2.55. The quantitative estimate of drug-likeness (QED) is 0.659. The fourth-order valence-electron chi connectivity index (χ4n) is 1.70. The van der Waals surface area contributed by atoms with Gasteiger partial charge in [0.25, 0.3) is 0 Å². The molecule has 0 aliphatic carbocycles. The number of rotatable bonds is 1. The van der Waals surface area contributed by atoms with Crippen LogP contribution in [-0.2, 0) is 0 Å². The molecule has 2 heterocycles. The molecule has 0 aliphatic rings. The predicted octanol–water partition coefficient (Wildman–Crippen LogP) is 3.22. The van der Waals surface area contributed by atoms with Gasteiger partial charge in [0.1, 0.15) is 0 Å². The number of fused-ring (bicyclic) bond motifs is 1. The second kappa shape index (κ2) is 3.82. The molecule has 4 heteroatoms. The molecule has 0 amide bonds.